The average Bonchev–Trinajstić information content (AvgIpc) is 3.43. The molecule has 0 radical (unpaired) electrons. The molecular formula is C23H26F3N7O. The molecule has 0 spiro atoms. The third-order valence-electron chi connectivity index (χ3n) is 5.31. The maximum Gasteiger partial charge on any atom is 0.299 e. The molecule has 0 saturated heterocycles. The van der Waals surface area contributed by atoms with Crippen LogP contribution in [-0.4, -0.2) is 41.7 Å². The first-order chi connectivity index (χ1) is 16.3. The molecule has 0 saturated carbocycles. The van der Waals surface area contributed by atoms with Gasteiger partial charge < -0.3 is 10.2 Å². The van der Waals surface area contributed by atoms with Gasteiger partial charge in [0.15, 0.2) is 0 Å². The zero-order valence-corrected chi connectivity index (χ0v) is 19.6. The molecule has 34 heavy (non-hydrogen) atoms. The van der Waals surface area contributed by atoms with Crippen LogP contribution in [0.15, 0.2) is 35.7 Å². The topological polar surface area (TPSA) is 80.3 Å². The Hall–Kier alpha value is -3.81. The Kier molecular flexibility index (Phi) is 7.61. The van der Waals surface area contributed by atoms with Gasteiger partial charge >= 0.3 is 0 Å². The Morgan fingerprint density at radius 2 is 2.03 bits per heavy atom. The number of carbonyl (C=O) groups is 1. The third-order valence-corrected chi connectivity index (χ3v) is 5.31. The van der Waals surface area contributed by atoms with Gasteiger partial charge in [0.25, 0.3) is 12.3 Å². The van der Waals surface area contributed by atoms with Gasteiger partial charge in [-0.05, 0) is 37.6 Å². The Balaban J connectivity index is 0.00000158. The van der Waals surface area contributed by atoms with Crippen molar-refractivity contribution in [1.82, 2.24) is 34.6 Å². The van der Waals surface area contributed by atoms with Crippen LogP contribution in [0.4, 0.5) is 13.2 Å². The quantitative estimate of drug-likeness (QED) is 0.458. The second kappa shape index (κ2) is 10.4. The summed E-state index contributed by atoms with van der Waals surface area (Å²) in [6.45, 7) is 7.77. The molecule has 180 valence electrons. The largest absolute Gasteiger partial charge is 0.323 e. The predicted molar refractivity (Wildman–Crippen MR) is 120 cm³/mol. The fourth-order valence-corrected chi connectivity index (χ4v) is 3.80. The van der Waals surface area contributed by atoms with Crippen molar-refractivity contribution in [2.75, 3.05) is 6.54 Å². The molecule has 11 heteroatoms. The Morgan fingerprint density at radius 1 is 1.29 bits per heavy atom. The minimum Gasteiger partial charge on any atom is -0.323 e. The molecule has 0 fully saturated rings. The number of nitrogens with zero attached hydrogens (tertiary/aromatic N) is 6. The molecule has 0 bridgehead atoms. The Bertz CT molecular complexity index is 1280. The third kappa shape index (κ3) is 4.62. The lowest BCUT2D eigenvalue weighted by molar-refractivity contribution is 0.0668. The average molecular weight is 474 g/mol. The van der Waals surface area contributed by atoms with Gasteiger partial charge in [-0.15, -0.1) is 5.10 Å². The molecule has 0 aromatic carbocycles. The van der Waals surface area contributed by atoms with Gasteiger partial charge in [-0.25, -0.2) is 27.4 Å². The van der Waals surface area contributed by atoms with Gasteiger partial charge in [-0.3, -0.25) is 4.79 Å². The molecule has 1 amide bonds. The second-order valence-corrected chi connectivity index (χ2v) is 7.29. The molecule has 0 aliphatic carbocycles. The van der Waals surface area contributed by atoms with Crippen molar-refractivity contribution in [2.24, 2.45) is 7.05 Å². The highest BCUT2D eigenvalue weighted by molar-refractivity contribution is 5.91. The number of rotatable bonds is 4. The maximum atomic E-state index is 14.3. The maximum absolute atomic E-state index is 14.3. The van der Waals surface area contributed by atoms with E-state index in [0.29, 0.717) is 12.1 Å². The molecular weight excluding hydrogens is 447 g/mol. The van der Waals surface area contributed by atoms with Crippen LogP contribution >= 0.6 is 0 Å². The van der Waals surface area contributed by atoms with Gasteiger partial charge in [0.2, 0.25) is 11.6 Å². The molecule has 1 N–H and O–H groups in total. The molecule has 1 aliphatic heterocycles. The highest BCUT2D eigenvalue weighted by Crippen LogP contribution is 2.35. The van der Waals surface area contributed by atoms with Crippen LogP contribution in [0.25, 0.3) is 5.52 Å². The van der Waals surface area contributed by atoms with E-state index in [1.165, 1.54) is 28.6 Å². The standard InChI is InChI=1S/C21H20F3N7O.C2H6/c1-4-8-25-14-7-10-30(21(32)20-26-19(18(23)24)28-29(20)3)17(12(14)2)15-11-16-13(22)6-5-9-31(16)27-15;1-2/h5-6,9,11,17-18,25H,7,10H2,1-3H3;1-2H3. The van der Waals surface area contributed by atoms with Crippen LogP contribution < -0.4 is 5.32 Å². The van der Waals surface area contributed by atoms with E-state index in [1.807, 2.05) is 20.8 Å². The number of alkyl halides is 2. The summed E-state index contributed by atoms with van der Waals surface area (Å²) < 4.78 is 42.8. The lowest BCUT2D eigenvalue weighted by atomic mass is 9.95. The summed E-state index contributed by atoms with van der Waals surface area (Å²) >= 11 is 0. The summed E-state index contributed by atoms with van der Waals surface area (Å²) in [4.78, 5) is 18.6. The zero-order chi connectivity index (χ0) is 25.0. The molecule has 1 atom stereocenters. The van der Waals surface area contributed by atoms with Crippen molar-refractivity contribution >= 4 is 11.4 Å². The smallest absolute Gasteiger partial charge is 0.299 e. The SMILES string of the molecule is CC.CC#CNC1=C(C)C(c2cc3c(F)cccn3n2)N(C(=O)c2nc(C(F)F)nn2C)CC1. The van der Waals surface area contributed by atoms with Crippen molar-refractivity contribution in [3.05, 3.63) is 58.8 Å². The number of aromatic nitrogens is 5. The van der Waals surface area contributed by atoms with Gasteiger partial charge in [-0.1, -0.05) is 19.8 Å². The summed E-state index contributed by atoms with van der Waals surface area (Å²) in [5, 5.41) is 11.1. The first-order valence-corrected chi connectivity index (χ1v) is 10.8. The number of nitrogens with one attached hydrogen (secondary N) is 1. The number of amides is 1. The van der Waals surface area contributed by atoms with E-state index in [4.69, 9.17) is 0 Å². The van der Waals surface area contributed by atoms with E-state index < -0.39 is 30.0 Å². The molecule has 3 aromatic rings. The van der Waals surface area contributed by atoms with Gasteiger partial charge in [0.05, 0.1) is 11.7 Å². The lowest BCUT2D eigenvalue weighted by Gasteiger charge is -2.36. The van der Waals surface area contributed by atoms with Crippen molar-refractivity contribution < 1.29 is 18.0 Å². The van der Waals surface area contributed by atoms with E-state index in [-0.39, 0.29) is 17.9 Å². The van der Waals surface area contributed by atoms with E-state index in [9.17, 15) is 18.0 Å². The minimum atomic E-state index is -2.90. The first-order valence-electron chi connectivity index (χ1n) is 10.8. The number of hydrogen-bond acceptors (Lipinski definition) is 5. The Labute approximate surface area is 195 Å². The van der Waals surface area contributed by atoms with Crippen molar-refractivity contribution in [3.63, 3.8) is 0 Å². The number of halogens is 3. The van der Waals surface area contributed by atoms with E-state index in [1.54, 1.807) is 19.2 Å². The van der Waals surface area contributed by atoms with Crippen LogP contribution in [-0.2, 0) is 7.05 Å². The van der Waals surface area contributed by atoms with Crippen molar-refractivity contribution in [1.29, 1.82) is 0 Å². The highest BCUT2D eigenvalue weighted by atomic mass is 19.3. The molecule has 1 aliphatic rings. The number of aryl methyl sites for hydroxylation is 1. The lowest BCUT2D eigenvalue weighted by Crippen LogP contribution is -2.42. The monoisotopic (exact) mass is 473 g/mol. The number of carbonyl (C=O) groups excluding carboxylic acids is 1. The van der Waals surface area contributed by atoms with Crippen LogP contribution in [0.5, 0.6) is 0 Å². The number of hydrogen-bond donors (Lipinski definition) is 1. The van der Waals surface area contributed by atoms with Crippen LogP contribution in [0.3, 0.4) is 0 Å². The van der Waals surface area contributed by atoms with Gasteiger partial charge in [0, 0.05) is 38.0 Å². The zero-order valence-electron chi connectivity index (χ0n) is 19.6. The highest BCUT2D eigenvalue weighted by Gasteiger charge is 2.36. The molecule has 4 rings (SSSR count). The summed E-state index contributed by atoms with van der Waals surface area (Å²) in [5.41, 5.74) is 2.26. The fraction of sp³-hybridized carbons (Fsp3) is 0.391. The molecule has 4 heterocycles. The summed E-state index contributed by atoms with van der Waals surface area (Å²) in [6, 6.07) is 6.54. The van der Waals surface area contributed by atoms with Crippen molar-refractivity contribution in [2.45, 2.75) is 46.6 Å². The molecule has 1 unspecified atom stereocenters. The number of fused-ring (bicyclic) bond motifs is 1. The fourth-order valence-electron chi connectivity index (χ4n) is 3.80. The summed E-state index contributed by atoms with van der Waals surface area (Å²) in [5.74, 6) is 0.809. The van der Waals surface area contributed by atoms with Crippen LogP contribution in [0.1, 0.15) is 68.7 Å². The first kappa shape index (κ1) is 24.8. The summed E-state index contributed by atoms with van der Waals surface area (Å²) in [7, 11) is 1.39. The van der Waals surface area contributed by atoms with E-state index in [2.05, 4.69) is 32.5 Å². The minimum absolute atomic E-state index is 0.210. The van der Waals surface area contributed by atoms with Crippen molar-refractivity contribution in [3.8, 4) is 12.0 Å². The second-order valence-electron chi connectivity index (χ2n) is 7.29. The molecule has 3 aromatic heterocycles. The summed E-state index contributed by atoms with van der Waals surface area (Å²) in [6.07, 6.45) is -0.828. The van der Waals surface area contributed by atoms with E-state index >= 15 is 0 Å². The normalized spacial score (nSPS) is 15.7. The van der Waals surface area contributed by atoms with Crippen LogP contribution in [0.2, 0.25) is 0 Å². The predicted octanol–water partition coefficient (Wildman–Crippen LogP) is 4.00. The Morgan fingerprint density at radius 3 is 2.65 bits per heavy atom. The van der Waals surface area contributed by atoms with Gasteiger partial charge in [0.1, 0.15) is 11.3 Å². The van der Waals surface area contributed by atoms with Gasteiger partial charge in [-0.2, -0.15) is 5.10 Å². The van der Waals surface area contributed by atoms with E-state index in [0.717, 1.165) is 16.0 Å². The molecule has 8 nitrogen and oxygen atoms in total. The van der Waals surface area contributed by atoms with Crippen LogP contribution in [0, 0.1) is 17.8 Å². The number of pyridine rings is 1.